The van der Waals surface area contributed by atoms with Crippen LogP contribution in [0.15, 0.2) is 42.5 Å². The van der Waals surface area contributed by atoms with Crippen LogP contribution in [0.1, 0.15) is 31.1 Å². The molecule has 1 aliphatic heterocycles. The van der Waals surface area contributed by atoms with E-state index in [9.17, 15) is 9.59 Å². The zero-order valence-corrected chi connectivity index (χ0v) is 13.0. The van der Waals surface area contributed by atoms with Gasteiger partial charge in [0.25, 0.3) is 5.91 Å². The van der Waals surface area contributed by atoms with Crippen LogP contribution in [0.4, 0.5) is 0 Å². The van der Waals surface area contributed by atoms with Gasteiger partial charge in [-0.05, 0) is 22.9 Å². The van der Waals surface area contributed by atoms with E-state index >= 15 is 0 Å². The minimum absolute atomic E-state index is 0.00754. The van der Waals surface area contributed by atoms with E-state index in [0.29, 0.717) is 5.56 Å². The van der Waals surface area contributed by atoms with E-state index in [4.69, 9.17) is 4.74 Å². The summed E-state index contributed by atoms with van der Waals surface area (Å²) in [5.74, 6) is -0.523. The van der Waals surface area contributed by atoms with Crippen LogP contribution in [0.3, 0.4) is 0 Å². The third-order valence-electron chi connectivity index (χ3n) is 3.82. The number of ether oxygens (including phenoxy) is 1. The highest BCUT2D eigenvalue weighted by atomic mass is 16.6. The zero-order valence-electron chi connectivity index (χ0n) is 13.0. The van der Waals surface area contributed by atoms with Crippen LogP contribution in [-0.4, -0.2) is 29.5 Å². The molecule has 2 aromatic rings. The van der Waals surface area contributed by atoms with Gasteiger partial charge in [-0.15, -0.1) is 0 Å². The minimum atomic E-state index is -0.529. The topological polar surface area (TPSA) is 46.6 Å². The molecule has 114 valence electrons. The quantitative estimate of drug-likeness (QED) is 0.759. The number of rotatable bonds is 1. The van der Waals surface area contributed by atoms with Gasteiger partial charge in [0.15, 0.2) is 6.23 Å². The van der Waals surface area contributed by atoms with Gasteiger partial charge >= 0.3 is 5.97 Å². The Kier molecular flexibility index (Phi) is 3.39. The number of carbonyl (C=O) groups is 2. The van der Waals surface area contributed by atoms with E-state index < -0.39 is 6.23 Å². The highest BCUT2D eigenvalue weighted by Gasteiger charge is 2.43. The number of esters is 1. The second-order valence-electron chi connectivity index (χ2n) is 6.70. The molecule has 1 fully saturated rings. The SMILES string of the molecule is CC(C)(C)C1OC(=O)CN1C(=O)c1ccc2ccccc2c1. The number of benzene rings is 2. The van der Waals surface area contributed by atoms with Crippen LogP contribution in [-0.2, 0) is 9.53 Å². The Morgan fingerprint density at radius 2 is 1.82 bits per heavy atom. The van der Waals surface area contributed by atoms with Crippen molar-refractivity contribution in [1.29, 1.82) is 0 Å². The minimum Gasteiger partial charge on any atom is -0.440 e. The number of carbonyl (C=O) groups excluding carboxylic acids is 2. The Balaban J connectivity index is 1.96. The van der Waals surface area contributed by atoms with Gasteiger partial charge in [0, 0.05) is 11.0 Å². The number of cyclic esters (lactones) is 1. The smallest absolute Gasteiger partial charge is 0.327 e. The van der Waals surface area contributed by atoms with Crippen molar-refractivity contribution in [2.45, 2.75) is 27.0 Å². The summed E-state index contributed by atoms with van der Waals surface area (Å²) in [5.41, 5.74) is 0.254. The van der Waals surface area contributed by atoms with E-state index in [1.807, 2.05) is 57.2 Å². The van der Waals surface area contributed by atoms with Gasteiger partial charge in [0.2, 0.25) is 0 Å². The summed E-state index contributed by atoms with van der Waals surface area (Å²) in [6, 6.07) is 13.5. The van der Waals surface area contributed by atoms with Gasteiger partial charge in [-0.3, -0.25) is 14.5 Å². The van der Waals surface area contributed by atoms with Crippen LogP contribution in [0.25, 0.3) is 10.8 Å². The van der Waals surface area contributed by atoms with Crippen molar-refractivity contribution in [3.63, 3.8) is 0 Å². The summed E-state index contributed by atoms with van der Waals surface area (Å²) in [5, 5.41) is 2.09. The Labute approximate surface area is 129 Å². The molecule has 1 saturated heterocycles. The molecule has 0 radical (unpaired) electrons. The van der Waals surface area contributed by atoms with Crippen molar-refractivity contribution in [3.8, 4) is 0 Å². The Morgan fingerprint density at radius 1 is 1.14 bits per heavy atom. The lowest BCUT2D eigenvalue weighted by molar-refractivity contribution is -0.146. The molecule has 1 heterocycles. The fourth-order valence-corrected chi connectivity index (χ4v) is 2.76. The molecule has 1 amide bonds. The van der Waals surface area contributed by atoms with Gasteiger partial charge in [0.1, 0.15) is 6.54 Å². The average molecular weight is 297 g/mol. The lowest BCUT2D eigenvalue weighted by Crippen LogP contribution is -2.43. The van der Waals surface area contributed by atoms with E-state index in [1.165, 1.54) is 4.90 Å². The third kappa shape index (κ3) is 2.56. The third-order valence-corrected chi connectivity index (χ3v) is 3.82. The standard InChI is InChI=1S/C18H19NO3/c1-18(2,3)17-19(11-15(20)22-17)16(21)14-9-8-12-6-4-5-7-13(12)10-14/h4-10,17H,11H2,1-3H3. The Morgan fingerprint density at radius 3 is 2.50 bits per heavy atom. The number of hydrogen-bond donors (Lipinski definition) is 0. The molecule has 1 aliphatic rings. The number of nitrogens with zero attached hydrogens (tertiary/aromatic N) is 1. The van der Waals surface area contributed by atoms with Crippen molar-refractivity contribution >= 4 is 22.6 Å². The molecule has 4 nitrogen and oxygen atoms in total. The molecule has 3 rings (SSSR count). The van der Waals surface area contributed by atoms with Gasteiger partial charge in [0.05, 0.1) is 0 Å². The molecule has 0 N–H and O–H groups in total. The van der Waals surface area contributed by atoms with E-state index in [1.54, 1.807) is 6.07 Å². The molecule has 0 bridgehead atoms. The molecule has 0 aliphatic carbocycles. The van der Waals surface area contributed by atoms with E-state index in [0.717, 1.165) is 10.8 Å². The van der Waals surface area contributed by atoms with Gasteiger partial charge < -0.3 is 4.74 Å². The van der Waals surface area contributed by atoms with Crippen molar-refractivity contribution in [2.24, 2.45) is 5.41 Å². The maximum absolute atomic E-state index is 12.8. The summed E-state index contributed by atoms with van der Waals surface area (Å²) in [4.78, 5) is 25.9. The van der Waals surface area contributed by atoms with Crippen molar-refractivity contribution < 1.29 is 14.3 Å². The summed E-state index contributed by atoms with van der Waals surface area (Å²) >= 11 is 0. The molecule has 1 unspecified atom stereocenters. The largest absolute Gasteiger partial charge is 0.440 e. The molecular weight excluding hydrogens is 278 g/mol. The first kappa shape index (κ1) is 14.6. The van der Waals surface area contributed by atoms with Crippen LogP contribution < -0.4 is 0 Å². The van der Waals surface area contributed by atoms with E-state index in [2.05, 4.69) is 0 Å². The molecule has 1 atom stereocenters. The van der Waals surface area contributed by atoms with Crippen LogP contribution in [0.5, 0.6) is 0 Å². The summed E-state index contributed by atoms with van der Waals surface area (Å²) in [6.45, 7) is 5.87. The lowest BCUT2D eigenvalue weighted by atomic mass is 9.93. The average Bonchev–Trinajstić information content (AvgIpc) is 2.88. The highest BCUT2D eigenvalue weighted by Crippen LogP contribution is 2.30. The second kappa shape index (κ2) is 5.13. The fourth-order valence-electron chi connectivity index (χ4n) is 2.76. The van der Waals surface area contributed by atoms with Gasteiger partial charge in [-0.2, -0.15) is 0 Å². The predicted molar refractivity (Wildman–Crippen MR) is 84.3 cm³/mol. The molecule has 0 saturated carbocycles. The van der Waals surface area contributed by atoms with Crippen LogP contribution in [0, 0.1) is 5.41 Å². The zero-order chi connectivity index (χ0) is 15.9. The van der Waals surface area contributed by atoms with Crippen LogP contribution >= 0.6 is 0 Å². The Bertz CT molecular complexity index is 745. The highest BCUT2D eigenvalue weighted by molar-refractivity contribution is 6.00. The monoisotopic (exact) mass is 297 g/mol. The molecular formula is C18H19NO3. The number of amides is 1. The molecule has 2 aromatic carbocycles. The summed E-state index contributed by atoms with van der Waals surface area (Å²) in [6.07, 6.45) is -0.529. The number of hydrogen-bond acceptors (Lipinski definition) is 3. The van der Waals surface area contributed by atoms with Gasteiger partial charge in [-0.25, -0.2) is 0 Å². The van der Waals surface area contributed by atoms with Gasteiger partial charge in [-0.1, -0.05) is 51.1 Å². The normalized spacial score (nSPS) is 18.6. The predicted octanol–water partition coefficient (Wildman–Crippen LogP) is 3.21. The van der Waals surface area contributed by atoms with Crippen LogP contribution in [0.2, 0.25) is 0 Å². The first-order valence-electron chi connectivity index (χ1n) is 7.35. The fraction of sp³-hybridized carbons (Fsp3) is 0.333. The molecule has 0 aromatic heterocycles. The van der Waals surface area contributed by atoms with Crippen molar-refractivity contribution in [1.82, 2.24) is 4.90 Å². The molecule has 0 spiro atoms. The lowest BCUT2D eigenvalue weighted by Gasteiger charge is -2.32. The first-order chi connectivity index (χ1) is 10.4. The summed E-state index contributed by atoms with van der Waals surface area (Å²) < 4.78 is 5.33. The van der Waals surface area contributed by atoms with Crippen molar-refractivity contribution in [2.75, 3.05) is 6.54 Å². The molecule has 4 heteroatoms. The number of fused-ring (bicyclic) bond motifs is 1. The first-order valence-corrected chi connectivity index (χ1v) is 7.35. The Hall–Kier alpha value is -2.36. The maximum atomic E-state index is 12.8. The summed E-state index contributed by atoms with van der Waals surface area (Å²) in [7, 11) is 0. The maximum Gasteiger partial charge on any atom is 0.327 e. The second-order valence-corrected chi connectivity index (χ2v) is 6.70. The van der Waals surface area contributed by atoms with Crippen molar-refractivity contribution in [3.05, 3.63) is 48.0 Å². The van der Waals surface area contributed by atoms with E-state index in [-0.39, 0.29) is 23.8 Å². The molecule has 22 heavy (non-hydrogen) atoms.